The van der Waals surface area contributed by atoms with Crippen LogP contribution in [0.4, 0.5) is 24.8 Å². The second kappa shape index (κ2) is 6.85. The summed E-state index contributed by atoms with van der Waals surface area (Å²) in [5.41, 5.74) is -0.203. The monoisotopic (exact) mass is 325 g/mol. The third-order valence-corrected chi connectivity index (χ3v) is 3.04. The van der Waals surface area contributed by atoms with Crippen molar-refractivity contribution in [1.82, 2.24) is 9.97 Å². The van der Waals surface area contributed by atoms with Crippen LogP contribution in [-0.2, 0) is 6.18 Å². The summed E-state index contributed by atoms with van der Waals surface area (Å²) in [6.45, 7) is 3.85. The van der Waals surface area contributed by atoms with E-state index in [1.807, 2.05) is 44.2 Å². The molecule has 7 heteroatoms. The third-order valence-electron chi connectivity index (χ3n) is 3.04. The zero-order valence-corrected chi connectivity index (χ0v) is 13.1. The second-order valence-electron chi connectivity index (χ2n) is 5.49. The highest BCUT2D eigenvalue weighted by molar-refractivity contribution is 5.56. The van der Waals surface area contributed by atoms with Crippen LogP contribution in [0.1, 0.15) is 19.4 Å². The van der Waals surface area contributed by atoms with E-state index in [2.05, 4.69) is 9.97 Å². The van der Waals surface area contributed by atoms with Crippen molar-refractivity contribution >= 4 is 11.6 Å². The summed E-state index contributed by atoms with van der Waals surface area (Å²) in [6.07, 6.45) is -3.80. The molecule has 2 rings (SSSR count). The summed E-state index contributed by atoms with van der Waals surface area (Å²) in [5, 5.41) is 0. The number of halogens is 3. The number of aromatic nitrogens is 2. The molecule has 0 N–H and O–H groups in total. The topological polar surface area (TPSA) is 38.2 Å². The zero-order valence-electron chi connectivity index (χ0n) is 13.1. The first-order valence-corrected chi connectivity index (χ1v) is 7.15. The lowest BCUT2D eigenvalue weighted by Crippen LogP contribution is -2.18. The molecule has 124 valence electrons. The molecule has 2 aromatic rings. The van der Waals surface area contributed by atoms with Gasteiger partial charge in [0.1, 0.15) is 5.56 Å². The first-order valence-electron chi connectivity index (χ1n) is 7.15. The Hall–Kier alpha value is -2.31. The molecule has 1 aromatic heterocycles. The van der Waals surface area contributed by atoms with Crippen molar-refractivity contribution in [2.45, 2.75) is 20.0 Å². The molecular weight excluding hydrogens is 307 g/mol. The van der Waals surface area contributed by atoms with Crippen LogP contribution < -0.4 is 9.64 Å². The van der Waals surface area contributed by atoms with Crippen molar-refractivity contribution in [2.24, 2.45) is 5.92 Å². The number of rotatable bonds is 5. The Balaban J connectivity index is 2.37. The van der Waals surface area contributed by atoms with Crippen molar-refractivity contribution in [1.29, 1.82) is 0 Å². The minimum atomic E-state index is -4.56. The highest BCUT2D eigenvalue weighted by Crippen LogP contribution is 2.36. The predicted molar refractivity (Wildman–Crippen MR) is 81.9 cm³/mol. The molecule has 0 spiro atoms. The van der Waals surface area contributed by atoms with Gasteiger partial charge in [-0.25, -0.2) is 4.98 Å². The maximum absolute atomic E-state index is 13.1. The Morgan fingerprint density at radius 3 is 2.39 bits per heavy atom. The van der Waals surface area contributed by atoms with Crippen LogP contribution in [0.3, 0.4) is 0 Å². The molecule has 0 aliphatic heterocycles. The van der Waals surface area contributed by atoms with Crippen LogP contribution in [0.25, 0.3) is 0 Å². The largest absolute Gasteiger partial charge is 0.477 e. The molecule has 23 heavy (non-hydrogen) atoms. The van der Waals surface area contributed by atoms with Crippen molar-refractivity contribution in [3.63, 3.8) is 0 Å². The summed E-state index contributed by atoms with van der Waals surface area (Å²) in [5.74, 6) is -0.219. The molecule has 0 amide bonds. The molecule has 1 heterocycles. The molecule has 0 bridgehead atoms. The number of anilines is 2. The summed E-state index contributed by atoms with van der Waals surface area (Å²) in [6, 6.07) is 9.13. The lowest BCUT2D eigenvalue weighted by Gasteiger charge is -2.20. The molecule has 4 nitrogen and oxygen atoms in total. The first kappa shape index (κ1) is 17.1. The van der Waals surface area contributed by atoms with Crippen LogP contribution in [0.5, 0.6) is 5.88 Å². The van der Waals surface area contributed by atoms with E-state index in [1.54, 1.807) is 11.9 Å². The SMILES string of the molecule is CC(C)COc1nc(N(C)c2ccccc2)ncc1C(F)(F)F. The quantitative estimate of drug-likeness (QED) is 0.821. The molecule has 0 saturated heterocycles. The van der Waals surface area contributed by atoms with E-state index in [-0.39, 0.29) is 18.5 Å². The van der Waals surface area contributed by atoms with Crippen molar-refractivity contribution in [3.05, 3.63) is 42.1 Å². The Labute approximate surface area is 132 Å². The van der Waals surface area contributed by atoms with E-state index in [0.717, 1.165) is 11.9 Å². The average molecular weight is 325 g/mol. The molecule has 0 fully saturated rings. The molecule has 0 unspecified atom stereocenters. The Bertz CT molecular complexity index is 645. The summed E-state index contributed by atoms with van der Waals surface area (Å²) < 4.78 is 44.4. The van der Waals surface area contributed by atoms with Crippen molar-refractivity contribution in [3.8, 4) is 5.88 Å². The second-order valence-corrected chi connectivity index (χ2v) is 5.49. The number of hydrogen-bond acceptors (Lipinski definition) is 4. The number of hydrogen-bond donors (Lipinski definition) is 0. The molecule has 0 saturated carbocycles. The van der Waals surface area contributed by atoms with E-state index < -0.39 is 17.6 Å². The summed E-state index contributed by atoms with van der Waals surface area (Å²) in [7, 11) is 1.68. The fourth-order valence-corrected chi connectivity index (χ4v) is 1.84. The lowest BCUT2D eigenvalue weighted by molar-refractivity contribution is -0.139. The van der Waals surface area contributed by atoms with E-state index in [4.69, 9.17) is 4.74 Å². The third kappa shape index (κ3) is 4.34. The van der Waals surface area contributed by atoms with E-state index >= 15 is 0 Å². The van der Waals surface area contributed by atoms with Crippen LogP contribution in [-0.4, -0.2) is 23.6 Å². The number of alkyl halides is 3. The number of benzene rings is 1. The lowest BCUT2D eigenvalue weighted by atomic mass is 10.2. The highest BCUT2D eigenvalue weighted by atomic mass is 19.4. The van der Waals surface area contributed by atoms with Crippen LogP contribution in [0.2, 0.25) is 0 Å². The zero-order chi connectivity index (χ0) is 17.0. The average Bonchev–Trinajstić information content (AvgIpc) is 2.51. The van der Waals surface area contributed by atoms with Gasteiger partial charge in [0.05, 0.1) is 6.61 Å². The van der Waals surface area contributed by atoms with Crippen molar-refractivity contribution in [2.75, 3.05) is 18.6 Å². The minimum Gasteiger partial charge on any atom is -0.477 e. The number of ether oxygens (including phenoxy) is 1. The van der Waals surface area contributed by atoms with E-state index in [9.17, 15) is 13.2 Å². The van der Waals surface area contributed by atoms with Gasteiger partial charge in [-0.15, -0.1) is 0 Å². The van der Waals surface area contributed by atoms with Gasteiger partial charge in [-0.3, -0.25) is 0 Å². The summed E-state index contributed by atoms with van der Waals surface area (Å²) >= 11 is 0. The Morgan fingerprint density at radius 1 is 1.17 bits per heavy atom. The molecule has 0 aliphatic carbocycles. The molecule has 0 aliphatic rings. The first-order chi connectivity index (χ1) is 10.8. The maximum Gasteiger partial charge on any atom is 0.423 e. The molecule has 0 radical (unpaired) electrons. The van der Waals surface area contributed by atoms with Gasteiger partial charge in [0.15, 0.2) is 0 Å². The van der Waals surface area contributed by atoms with Crippen molar-refractivity contribution < 1.29 is 17.9 Å². The van der Waals surface area contributed by atoms with Gasteiger partial charge in [-0.2, -0.15) is 18.2 Å². The van der Waals surface area contributed by atoms with Gasteiger partial charge in [0.2, 0.25) is 11.8 Å². The molecule has 1 aromatic carbocycles. The Kier molecular flexibility index (Phi) is 5.08. The van der Waals surface area contributed by atoms with E-state index in [1.165, 1.54) is 0 Å². The van der Waals surface area contributed by atoms with Gasteiger partial charge in [0.25, 0.3) is 0 Å². The van der Waals surface area contributed by atoms with Crippen LogP contribution in [0, 0.1) is 5.92 Å². The van der Waals surface area contributed by atoms with Crippen LogP contribution in [0.15, 0.2) is 36.5 Å². The number of para-hydroxylation sites is 1. The smallest absolute Gasteiger partial charge is 0.423 e. The van der Waals surface area contributed by atoms with Gasteiger partial charge < -0.3 is 9.64 Å². The standard InChI is InChI=1S/C16H18F3N3O/c1-11(2)10-23-14-13(16(17,18)19)9-20-15(21-14)22(3)12-7-5-4-6-8-12/h4-9,11H,10H2,1-3H3. The van der Waals surface area contributed by atoms with Gasteiger partial charge in [-0.1, -0.05) is 32.0 Å². The Morgan fingerprint density at radius 2 is 1.83 bits per heavy atom. The minimum absolute atomic E-state index is 0.0846. The van der Waals surface area contributed by atoms with E-state index in [0.29, 0.717) is 0 Å². The maximum atomic E-state index is 13.1. The molecule has 0 atom stereocenters. The fourth-order valence-electron chi connectivity index (χ4n) is 1.84. The van der Waals surface area contributed by atoms with Crippen LogP contribution >= 0.6 is 0 Å². The highest BCUT2D eigenvalue weighted by Gasteiger charge is 2.36. The number of nitrogens with zero attached hydrogens (tertiary/aromatic N) is 3. The predicted octanol–water partition coefficient (Wildman–Crippen LogP) is 4.30. The summed E-state index contributed by atoms with van der Waals surface area (Å²) in [4.78, 5) is 9.38. The fraction of sp³-hybridized carbons (Fsp3) is 0.375. The van der Waals surface area contributed by atoms with Gasteiger partial charge >= 0.3 is 6.18 Å². The van der Waals surface area contributed by atoms with Gasteiger partial charge in [0, 0.05) is 18.9 Å². The van der Waals surface area contributed by atoms with Gasteiger partial charge in [-0.05, 0) is 18.1 Å². The molecular formula is C16H18F3N3O. The normalized spacial score (nSPS) is 11.6.